The van der Waals surface area contributed by atoms with Crippen molar-refractivity contribution in [2.24, 2.45) is 0 Å². The van der Waals surface area contributed by atoms with Crippen molar-refractivity contribution in [3.63, 3.8) is 0 Å². The maximum absolute atomic E-state index is 13.5. The minimum absolute atomic E-state index is 0.00659. The third-order valence-corrected chi connectivity index (χ3v) is 10.3. The molecule has 36 heavy (non-hydrogen) atoms. The second-order valence-electron chi connectivity index (χ2n) is 8.97. The van der Waals surface area contributed by atoms with Crippen LogP contribution in [0.1, 0.15) is 35.0 Å². The van der Waals surface area contributed by atoms with Crippen molar-refractivity contribution in [2.45, 2.75) is 36.1 Å². The Morgan fingerprint density at radius 2 is 2.17 bits per heavy atom. The van der Waals surface area contributed by atoms with Gasteiger partial charge in [-0.15, -0.1) is 11.3 Å². The number of piperazine rings is 1. The van der Waals surface area contributed by atoms with Gasteiger partial charge in [0.2, 0.25) is 0 Å². The minimum atomic E-state index is -4.05. The van der Waals surface area contributed by atoms with Crippen LogP contribution in [0, 0.1) is 11.3 Å². The molecular weight excluding hydrogens is 526 g/mol. The molecule has 0 aliphatic carbocycles. The molecule has 1 saturated heterocycles. The van der Waals surface area contributed by atoms with Crippen LogP contribution in [0.15, 0.2) is 26.8 Å². The van der Waals surface area contributed by atoms with E-state index in [0.717, 1.165) is 23.6 Å². The molecule has 2 aliphatic heterocycles. The van der Waals surface area contributed by atoms with E-state index in [1.165, 1.54) is 4.31 Å². The lowest BCUT2D eigenvalue weighted by atomic mass is 10.1. The molecule has 1 N–H and O–H groups in total. The van der Waals surface area contributed by atoms with Crippen LogP contribution in [0.2, 0.25) is 5.02 Å². The van der Waals surface area contributed by atoms with Crippen LogP contribution in [0.4, 0.5) is 0 Å². The van der Waals surface area contributed by atoms with E-state index in [0.29, 0.717) is 40.3 Å². The number of nitriles is 1. The number of hydrogen-bond donors (Lipinski definition) is 1. The Bertz CT molecular complexity index is 1480. The van der Waals surface area contributed by atoms with Crippen LogP contribution in [-0.2, 0) is 23.0 Å². The summed E-state index contributed by atoms with van der Waals surface area (Å²) in [5.41, 5.74) is 0.770. The number of carbonyl (C=O) groups is 1. The maximum atomic E-state index is 13.5. The van der Waals surface area contributed by atoms with E-state index in [1.54, 1.807) is 23.1 Å². The van der Waals surface area contributed by atoms with Gasteiger partial charge in [0.15, 0.2) is 9.96 Å². The Hall–Kier alpha value is -2.69. The van der Waals surface area contributed by atoms with E-state index < -0.39 is 22.0 Å². The number of amides is 1. The number of hydrogen-bond acceptors (Lipinski definition) is 9. The van der Waals surface area contributed by atoms with Gasteiger partial charge in [-0.25, -0.2) is 13.4 Å². The third-order valence-electron chi connectivity index (χ3n) is 6.57. The fourth-order valence-electron chi connectivity index (χ4n) is 4.65. The van der Waals surface area contributed by atoms with Crippen molar-refractivity contribution in [1.29, 1.82) is 5.26 Å². The monoisotopic (exact) mass is 549 g/mol. The van der Waals surface area contributed by atoms with Gasteiger partial charge in [0.1, 0.15) is 5.76 Å². The number of aromatic hydroxyl groups is 1. The Kier molecular flexibility index (Phi) is 6.69. The number of benzene rings is 1. The predicted octanol–water partition coefficient (Wildman–Crippen LogP) is 3.06. The van der Waals surface area contributed by atoms with Gasteiger partial charge in [-0.05, 0) is 31.7 Å². The molecule has 10 nitrogen and oxygen atoms in total. The van der Waals surface area contributed by atoms with Crippen LogP contribution >= 0.6 is 22.9 Å². The van der Waals surface area contributed by atoms with E-state index in [1.807, 2.05) is 7.05 Å². The summed E-state index contributed by atoms with van der Waals surface area (Å²) in [5.74, 6) is -0.0599. The number of likely N-dealkylation sites (N-methyl/N-ethyl adjacent to an activating group) is 1. The van der Waals surface area contributed by atoms with Gasteiger partial charge >= 0.3 is 5.91 Å². The van der Waals surface area contributed by atoms with Crippen molar-refractivity contribution in [3.05, 3.63) is 40.6 Å². The molecule has 13 heteroatoms. The molecule has 1 aromatic carbocycles. The van der Waals surface area contributed by atoms with Crippen LogP contribution < -0.4 is 0 Å². The van der Waals surface area contributed by atoms with Crippen LogP contribution in [0.3, 0.4) is 0 Å². The highest BCUT2D eigenvalue weighted by molar-refractivity contribution is 7.91. The number of oxazole rings is 1. The highest BCUT2D eigenvalue weighted by Crippen LogP contribution is 2.42. The summed E-state index contributed by atoms with van der Waals surface area (Å²) in [4.78, 5) is 21.4. The molecule has 0 saturated carbocycles. The first-order valence-electron chi connectivity index (χ1n) is 11.4. The normalized spacial score (nSPS) is 19.4. The van der Waals surface area contributed by atoms with Gasteiger partial charge in [0, 0.05) is 60.2 Å². The van der Waals surface area contributed by atoms with Crippen molar-refractivity contribution in [3.8, 4) is 11.8 Å². The molecule has 1 fully saturated rings. The first-order valence-corrected chi connectivity index (χ1v) is 14.1. The number of carbonyl (C=O) groups excluding carboxylic acids is 1. The van der Waals surface area contributed by atoms with Gasteiger partial charge in [-0.3, -0.25) is 9.69 Å². The van der Waals surface area contributed by atoms with Crippen molar-refractivity contribution >= 4 is 49.0 Å². The molecule has 4 heterocycles. The van der Waals surface area contributed by atoms with E-state index in [9.17, 15) is 18.3 Å². The molecule has 1 amide bonds. The average molecular weight is 550 g/mol. The molecule has 0 spiro atoms. The van der Waals surface area contributed by atoms with Crippen molar-refractivity contribution in [2.75, 3.05) is 33.2 Å². The first kappa shape index (κ1) is 25.0. The fourth-order valence-corrected chi connectivity index (χ4v) is 8.04. The summed E-state index contributed by atoms with van der Waals surface area (Å²) in [7, 11) is -2.09. The lowest BCUT2D eigenvalue weighted by Crippen LogP contribution is -2.56. The number of aromatic nitrogens is 1. The summed E-state index contributed by atoms with van der Waals surface area (Å²) >= 11 is 6.98. The molecule has 2 aliphatic rings. The lowest BCUT2D eigenvalue weighted by molar-refractivity contribution is 0.0511. The molecule has 0 bridgehead atoms. The van der Waals surface area contributed by atoms with Crippen LogP contribution in [0.25, 0.3) is 10.1 Å². The first-order chi connectivity index (χ1) is 17.2. The minimum Gasteiger partial charge on any atom is -0.505 e. The SMILES string of the molecule is CN1CCc2nc(C(=O)N3CCN(S(=O)(=O)c4sc5cc(Cl)ccc5c4O)CC3CCC#N)oc2C1. The number of rotatable bonds is 5. The Morgan fingerprint density at radius 1 is 1.36 bits per heavy atom. The van der Waals surface area contributed by atoms with Gasteiger partial charge in [-0.1, -0.05) is 11.6 Å². The van der Waals surface area contributed by atoms with Gasteiger partial charge in [0.05, 0.1) is 18.3 Å². The molecule has 0 radical (unpaired) electrons. The van der Waals surface area contributed by atoms with E-state index >= 15 is 0 Å². The smallest absolute Gasteiger partial charge is 0.310 e. The van der Waals surface area contributed by atoms with E-state index in [2.05, 4.69) is 16.0 Å². The number of nitrogens with zero attached hydrogens (tertiary/aromatic N) is 5. The maximum Gasteiger partial charge on any atom is 0.310 e. The van der Waals surface area contributed by atoms with Gasteiger partial charge in [-0.2, -0.15) is 9.57 Å². The lowest BCUT2D eigenvalue weighted by Gasteiger charge is -2.39. The third kappa shape index (κ3) is 4.46. The predicted molar refractivity (Wildman–Crippen MR) is 133 cm³/mol. The van der Waals surface area contributed by atoms with Gasteiger partial charge < -0.3 is 14.4 Å². The highest BCUT2D eigenvalue weighted by atomic mass is 35.5. The summed E-state index contributed by atoms with van der Waals surface area (Å²) in [6.07, 6.45) is 1.14. The zero-order valence-corrected chi connectivity index (χ0v) is 21.9. The molecule has 3 aromatic rings. The molecule has 1 unspecified atom stereocenters. The molecular formula is C23H24ClN5O5S2. The summed E-state index contributed by atoms with van der Waals surface area (Å²) in [5, 5.41) is 20.7. The standard InChI is InChI=1S/C23H24ClN5O5S2/c1-27-8-6-17-18(13-27)34-21(26-17)22(31)29-10-9-28(12-15(29)3-2-7-25)36(32,33)23-20(30)16-5-4-14(24)11-19(16)35-23/h4-5,11,15,30H,2-3,6,8-10,12-13H2,1H3. The fraction of sp³-hybridized carbons (Fsp3) is 0.435. The van der Waals surface area contributed by atoms with E-state index in [4.69, 9.17) is 21.3 Å². The second kappa shape index (κ2) is 9.64. The number of halogens is 1. The number of fused-ring (bicyclic) bond motifs is 2. The number of thiophene rings is 1. The summed E-state index contributed by atoms with van der Waals surface area (Å²) in [6.45, 7) is 1.54. The topological polar surface area (TPSA) is 131 Å². The Labute approximate surface area is 217 Å². The number of sulfonamides is 1. The summed E-state index contributed by atoms with van der Waals surface area (Å²) < 4.78 is 34.5. The second-order valence-corrected chi connectivity index (χ2v) is 12.6. The largest absolute Gasteiger partial charge is 0.505 e. The molecule has 1 atom stereocenters. The average Bonchev–Trinajstić information content (AvgIpc) is 3.42. The van der Waals surface area contributed by atoms with Crippen LogP contribution in [-0.4, -0.2) is 77.8 Å². The van der Waals surface area contributed by atoms with Crippen molar-refractivity contribution in [1.82, 2.24) is 19.1 Å². The quantitative estimate of drug-likeness (QED) is 0.514. The summed E-state index contributed by atoms with van der Waals surface area (Å²) in [6, 6.07) is 6.32. The molecule has 2 aromatic heterocycles. The Balaban J connectivity index is 1.41. The van der Waals surface area contributed by atoms with Crippen LogP contribution in [0.5, 0.6) is 5.75 Å². The van der Waals surface area contributed by atoms with E-state index in [-0.39, 0.29) is 41.9 Å². The highest BCUT2D eigenvalue weighted by Gasteiger charge is 2.40. The molecule has 190 valence electrons. The van der Waals surface area contributed by atoms with Crippen molar-refractivity contribution < 1.29 is 22.7 Å². The molecule has 5 rings (SSSR count). The zero-order valence-electron chi connectivity index (χ0n) is 19.5. The van der Waals surface area contributed by atoms with Gasteiger partial charge in [0.25, 0.3) is 15.9 Å². The zero-order chi connectivity index (χ0) is 25.6. The Morgan fingerprint density at radius 3 is 2.94 bits per heavy atom.